The van der Waals surface area contributed by atoms with Gasteiger partial charge in [-0.15, -0.1) is 0 Å². The summed E-state index contributed by atoms with van der Waals surface area (Å²) >= 11 is 3.46. The standard InChI is InChI=1S/C12H18BrN3/c1-9-6-12(16-8-11(9)13)15-7-10-2-4-14-5-3-10/h6,8,10,14H,2-5,7H2,1H3,(H,15,16). The molecule has 3 nitrogen and oxygen atoms in total. The van der Waals surface area contributed by atoms with Crippen molar-refractivity contribution in [2.24, 2.45) is 5.92 Å². The molecule has 0 unspecified atom stereocenters. The second kappa shape index (κ2) is 5.64. The van der Waals surface area contributed by atoms with Gasteiger partial charge in [0.2, 0.25) is 0 Å². The van der Waals surface area contributed by atoms with E-state index in [1.165, 1.54) is 18.4 Å². The Labute approximate surface area is 105 Å². The van der Waals surface area contributed by atoms with Gasteiger partial charge in [-0.3, -0.25) is 0 Å². The zero-order valence-corrected chi connectivity index (χ0v) is 11.2. The molecule has 0 saturated carbocycles. The van der Waals surface area contributed by atoms with Crippen molar-refractivity contribution in [3.05, 3.63) is 22.3 Å². The summed E-state index contributed by atoms with van der Waals surface area (Å²) in [6.45, 7) is 5.43. The molecule has 0 bridgehead atoms. The van der Waals surface area contributed by atoms with Gasteiger partial charge < -0.3 is 10.6 Å². The first-order valence-electron chi connectivity index (χ1n) is 5.82. The quantitative estimate of drug-likeness (QED) is 0.895. The van der Waals surface area contributed by atoms with E-state index in [4.69, 9.17) is 0 Å². The lowest BCUT2D eigenvalue weighted by molar-refractivity contribution is 0.389. The van der Waals surface area contributed by atoms with Crippen LogP contribution in [0.4, 0.5) is 5.82 Å². The highest BCUT2D eigenvalue weighted by atomic mass is 79.9. The van der Waals surface area contributed by atoms with Crippen LogP contribution in [0.15, 0.2) is 16.7 Å². The molecule has 0 aliphatic carbocycles. The number of hydrogen-bond donors (Lipinski definition) is 2. The SMILES string of the molecule is Cc1cc(NCC2CCNCC2)ncc1Br. The predicted molar refractivity (Wildman–Crippen MR) is 70.8 cm³/mol. The monoisotopic (exact) mass is 283 g/mol. The molecule has 1 aliphatic heterocycles. The fourth-order valence-electron chi connectivity index (χ4n) is 1.97. The molecule has 4 heteroatoms. The highest BCUT2D eigenvalue weighted by molar-refractivity contribution is 9.10. The number of nitrogens with one attached hydrogen (secondary N) is 2. The number of halogens is 1. The Hall–Kier alpha value is -0.610. The van der Waals surface area contributed by atoms with E-state index in [9.17, 15) is 0 Å². The number of aryl methyl sites for hydroxylation is 1. The third kappa shape index (κ3) is 3.19. The van der Waals surface area contributed by atoms with Crippen LogP contribution < -0.4 is 10.6 Å². The lowest BCUT2D eigenvalue weighted by Crippen LogP contribution is -2.31. The first-order chi connectivity index (χ1) is 7.75. The van der Waals surface area contributed by atoms with E-state index in [-0.39, 0.29) is 0 Å². The number of aromatic nitrogens is 1. The summed E-state index contributed by atoms with van der Waals surface area (Å²) in [5, 5.41) is 6.80. The molecule has 16 heavy (non-hydrogen) atoms. The van der Waals surface area contributed by atoms with Crippen LogP contribution in [0.5, 0.6) is 0 Å². The lowest BCUT2D eigenvalue weighted by atomic mass is 9.98. The van der Waals surface area contributed by atoms with Crippen molar-refractivity contribution in [2.45, 2.75) is 19.8 Å². The van der Waals surface area contributed by atoms with E-state index in [0.29, 0.717) is 0 Å². The summed E-state index contributed by atoms with van der Waals surface area (Å²) in [6.07, 6.45) is 4.39. The largest absolute Gasteiger partial charge is 0.370 e. The van der Waals surface area contributed by atoms with Crippen molar-refractivity contribution in [3.63, 3.8) is 0 Å². The molecule has 0 spiro atoms. The van der Waals surface area contributed by atoms with Gasteiger partial charge in [-0.1, -0.05) is 0 Å². The predicted octanol–water partition coefficient (Wildman–Crippen LogP) is 2.56. The summed E-state index contributed by atoms with van der Waals surface area (Å²) in [5.41, 5.74) is 1.22. The minimum atomic E-state index is 0.784. The first kappa shape index (κ1) is 11.9. The van der Waals surface area contributed by atoms with Gasteiger partial charge in [0, 0.05) is 17.2 Å². The van der Waals surface area contributed by atoms with E-state index in [0.717, 1.165) is 35.8 Å². The van der Waals surface area contributed by atoms with Crippen molar-refractivity contribution < 1.29 is 0 Å². The molecule has 2 heterocycles. The van der Waals surface area contributed by atoms with Crippen molar-refractivity contribution >= 4 is 21.7 Å². The second-order valence-corrected chi connectivity index (χ2v) is 5.25. The van der Waals surface area contributed by atoms with E-state index < -0.39 is 0 Å². The van der Waals surface area contributed by atoms with Crippen molar-refractivity contribution in [1.29, 1.82) is 0 Å². The van der Waals surface area contributed by atoms with Gasteiger partial charge in [0.1, 0.15) is 5.82 Å². The summed E-state index contributed by atoms with van der Waals surface area (Å²) in [7, 11) is 0. The van der Waals surface area contributed by atoms with Crippen LogP contribution in [0.2, 0.25) is 0 Å². The smallest absolute Gasteiger partial charge is 0.126 e. The highest BCUT2D eigenvalue weighted by Gasteiger charge is 2.12. The Morgan fingerprint density at radius 1 is 1.50 bits per heavy atom. The first-order valence-corrected chi connectivity index (χ1v) is 6.62. The van der Waals surface area contributed by atoms with Crippen molar-refractivity contribution in [2.75, 3.05) is 25.0 Å². The van der Waals surface area contributed by atoms with Crippen LogP contribution in [0.1, 0.15) is 18.4 Å². The summed E-state index contributed by atoms with van der Waals surface area (Å²) in [4.78, 5) is 4.35. The number of pyridine rings is 1. The Kier molecular flexibility index (Phi) is 4.18. The summed E-state index contributed by atoms with van der Waals surface area (Å²) in [6, 6.07) is 2.09. The zero-order valence-electron chi connectivity index (χ0n) is 9.59. The third-order valence-corrected chi connectivity index (χ3v) is 3.91. The van der Waals surface area contributed by atoms with Crippen LogP contribution in [-0.2, 0) is 0 Å². The zero-order chi connectivity index (χ0) is 11.4. The maximum Gasteiger partial charge on any atom is 0.126 e. The summed E-state index contributed by atoms with van der Waals surface area (Å²) < 4.78 is 1.07. The molecule has 0 radical (unpaired) electrons. The van der Waals surface area contributed by atoms with E-state index in [1.54, 1.807) is 0 Å². The van der Waals surface area contributed by atoms with Gasteiger partial charge in [0.15, 0.2) is 0 Å². The Bertz CT molecular complexity index is 348. The molecule has 0 atom stereocenters. The number of nitrogens with zero attached hydrogens (tertiary/aromatic N) is 1. The highest BCUT2D eigenvalue weighted by Crippen LogP contribution is 2.18. The number of rotatable bonds is 3. The van der Waals surface area contributed by atoms with Crippen LogP contribution in [0, 0.1) is 12.8 Å². The van der Waals surface area contributed by atoms with Crippen molar-refractivity contribution in [3.8, 4) is 0 Å². The number of anilines is 1. The molecule has 1 saturated heterocycles. The topological polar surface area (TPSA) is 37.0 Å². The van der Waals surface area contributed by atoms with Gasteiger partial charge in [-0.25, -0.2) is 4.98 Å². The van der Waals surface area contributed by atoms with Crippen LogP contribution in [0.3, 0.4) is 0 Å². The van der Waals surface area contributed by atoms with E-state index >= 15 is 0 Å². The molecule has 88 valence electrons. The Morgan fingerprint density at radius 2 is 2.25 bits per heavy atom. The maximum atomic E-state index is 4.35. The molecule has 1 fully saturated rings. The molecule has 0 aromatic carbocycles. The molecule has 2 rings (SSSR count). The minimum absolute atomic E-state index is 0.784. The molecular weight excluding hydrogens is 266 g/mol. The lowest BCUT2D eigenvalue weighted by Gasteiger charge is -2.23. The molecular formula is C12H18BrN3. The molecule has 1 aromatic heterocycles. The second-order valence-electron chi connectivity index (χ2n) is 4.39. The number of hydrogen-bond acceptors (Lipinski definition) is 3. The van der Waals surface area contributed by atoms with Crippen LogP contribution in [0.25, 0.3) is 0 Å². The summed E-state index contributed by atoms with van der Waals surface area (Å²) in [5.74, 6) is 1.77. The Balaban J connectivity index is 1.86. The Morgan fingerprint density at radius 3 is 2.94 bits per heavy atom. The minimum Gasteiger partial charge on any atom is -0.370 e. The maximum absolute atomic E-state index is 4.35. The molecule has 1 aliphatic rings. The van der Waals surface area contributed by atoms with E-state index in [2.05, 4.69) is 44.5 Å². The van der Waals surface area contributed by atoms with Gasteiger partial charge in [-0.2, -0.15) is 0 Å². The van der Waals surface area contributed by atoms with Gasteiger partial charge >= 0.3 is 0 Å². The molecule has 0 amide bonds. The van der Waals surface area contributed by atoms with Gasteiger partial charge in [0.05, 0.1) is 0 Å². The molecule has 1 aromatic rings. The van der Waals surface area contributed by atoms with Crippen LogP contribution in [-0.4, -0.2) is 24.6 Å². The fraction of sp³-hybridized carbons (Fsp3) is 0.583. The fourth-order valence-corrected chi connectivity index (χ4v) is 2.19. The molecule has 2 N–H and O–H groups in total. The average Bonchev–Trinajstić information content (AvgIpc) is 2.32. The number of piperidine rings is 1. The van der Waals surface area contributed by atoms with Crippen LogP contribution >= 0.6 is 15.9 Å². The van der Waals surface area contributed by atoms with E-state index in [1.807, 2.05) is 6.20 Å². The normalized spacial score (nSPS) is 17.4. The third-order valence-electron chi connectivity index (χ3n) is 3.08. The van der Waals surface area contributed by atoms with Gasteiger partial charge in [0.25, 0.3) is 0 Å². The van der Waals surface area contributed by atoms with Crippen molar-refractivity contribution in [1.82, 2.24) is 10.3 Å². The van der Waals surface area contributed by atoms with Gasteiger partial charge in [-0.05, 0) is 66.3 Å². The average molecular weight is 284 g/mol.